The number of nitrogens with two attached hydrogens (primary N) is 1. The fourth-order valence-corrected chi connectivity index (χ4v) is 1.94. The topological polar surface area (TPSA) is 61.5 Å². The minimum Gasteiger partial charge on any atom is -0.497 e. The van der Waals surface area contributed by atoms with Gasteiger partial charge in [0.05, 0.1) is 19.8 Å². The molecule has 2 aromatic carbocycles. The Morgan fingerprint density at radius 1 is 1.05 bits per heavy atom. The van der Waals surface area contributed by atoms with Crippen LogP contribution in [0.3, 0.4) is 0 Å². The van der Waals surface area contributed by atoms with Crippen LogP contribution >= 0.6 is 0 Å². The van der Waals surface area contributed by atoms with E-state index in [1.807, 2.05) is 12.1 Å². The molecule has 0 saturated heterocycles. The van der Waals surface area contributed by atoms with Crippen LogP contribution in [0.15, 0.2) is 42.5 Å². The van der Waals surface area contributed by atoms with Gasteiger partial charge in [-0.3, -0.25) is 4.79 Å². The Hall–Kier alpha value is -2.49. The van der Waals surface area contributed by atoms with Crippen LogP contribution in [-0.2, 0) is 6.42 Å². The Bertz CT molecular complexity index is 606. The summed E-state index contributed by atoms with van der Waals surface area (Å²) in [4.78, 5) is 12.3. The van der Waals surface area contributed by atoms with Gasteiger partial charge in [-0.25, -0.2) is 0 Å². The van der Waals surface area contributed by atoms with E-state index in [-0.39, 0.29) is 5.78 Å². The molecule has 4 heteroatoms. The lowest BCUT2D eigenvalue weighted by atomic mass is 10.0. The highest BCUT2D eigenvalue weighted by Crippen LogP contribution is 2.25. The number of ether oxygens (including phenoxy) is 2. The van der Waals surface area contributed by atoms with Crippen molar-refractivity contribution >= 4 is 11.5 Å². The molecule has 0 radical (unpaired) electrons. The van der Waals surface area contributed by atoms with Gasteiger partial charge < -0.3 is 15.2 Å². The van der Waals surface area contributed by atoms with Crippen molar-refractivity contribution in [3.05, 3.63) is 53.6 Å². The predicted molar refractivity (Wildman–Crippen MR) is 78.4 cm³/mol. The summed E-state index contributed by atoms with van der Waals surface area (Å²) in [5, 5.41) is 0. The number of ketones is 1. The smallest absolute Gasteiger partial charge is 0.170 e. The standard InChI is InChI=1S/C16H17NO3/c1-19-13-7-8-14(16(10-13)20-2)15(18)9-11-3-5-12(17)6-4-11/h3-8,10H,9,17H2,1-2H3. The van der Waals surface area contributed by atoms with Gasteiger partial charge in [-0.1, -0.05) is 12.1 Å². The monoisotopic (exact) mass is 271 g/mol. The Morgan fingerprint density at radius 2 is 1.75 bits per heavy atom. The number of carbonyl (C=O) groups excluding carboxylic acids is 1. The minimum absolute atomic E-state index is 0.00530. The molecular weight excluding hydrogens is 254 g/mol. The lowest BCUT2D eigenvalue weighted by Gasteiger charge is -2.09. The van der Waals surface area contributed by atoms with Crippen LogP contribution in [0.25, 0.3) is 0 Å². The summed E-state index contributed by atoms with van der Waals surface area (Å²) in [6.07, 6.45) is 0.309. The molecular formula is C16H17NO3. The fourth-order valence-electron chi connectivity index (χ4n) is 1.94. The molecule has 20 heavy (non-hydrogen) atoms. The van der Waals surface area contributed by atoms with Crippen LogP contribution in [0.4, 0.5) is 5.69 Å². The van der Waals surface area contributed by atoms with Gasteiger partial charge in [0.25, 0.3) is 0 Å². The summed E-state index contributed by atoms with van der Waals surface area (Å²) >= 11 is 0. The predicted octanol–water partition coefficient (Wildman–Crippen LogP) is 2.71. The number of nitrogen functional groups attached to an aromatic ring is 1. The average Bonchev–Trinajstić information content (AvgIpc) is 2.48. The zero-order valence-electron chi connectivity index (χ0n) is 11.6. The zero-order valence-corrected chi connectivity index (χ0v) is 11.6. The van der Waals surface area contributed by atoms with Crippen LogP contribution in [0.1, 0.15) is 15.9 Å². The van der Waals surface area contributed by atoms with E-state index >= 15 is 0 Å². The third-order valence-corrected chi connectivity index (χ3v) is 3.05. The largest absolute Gasteiger partial charge is 0.497 e. The number of anilines is 1. The highest BCUT2D eigenvalue weighted by atomic mass is 16.5. The molecule has 0 aromatic heterocycles. The first-order valence-corrected chi connectivity index (χ1v) is 6.23. The van der Waals surface area contributed by atoms with E-state index in [9.17, 15) is 4.79 Å². The van der Waals surface area contributed by atoms with E-state index in [4.69, 9.17) is 15.2 Å². The number of rotatable bonds is 5. The molecule has 0 heterocycles. The second-order valence-electron chi connectivity index (χ2n) is 4.41. The Morgan fingerprint density at radius 3 is 2.35 bits per heavy atom. The maximum Gasteiger partial charge on any atom is 0.170 e. The summed E-state index contributed by atoms with van der Waals surface area (Å²) in [5.74, 6) is 1.17. The number of methoxy groups -OCH3 is 2. The van der Waals surface area contributed by atoms with Crippen molar-refractivity contribution in [1.82, 2.24) is 0 Å². The van der Waals surface area contributed by atoms with Gasteiger partial charge in [0.2, 0.25) is 0 Å². The van der Waals surface area contributed by atoms with Gasteiger partial charge in [-0.15, -0.1) is 0 Å². The summed E-state index contributed by atoms with van der Waals surface area (Å²) in [5.41, 5.74) is 7.78. The lowest BCUT2D eigenvalue weighted by Crippen LogP contribution is -2.06. The quantitative estimate of drug-likeness (QED) is 0.671. The van der Waals surface area contributed by atoms with Crippen LogP contribution in [-0.4, -0.2) is 20.0 Å². The molecule has 4 nitrogen and oxygen atoms in total. The van der Waals surface area contributed by atoms with E-state index < -0.39 is 0 Å². The SMILES string of the molecule is COc1ccc(C(=O)Cc2ccc(N)cc2)c(OC)c1. The van der Waals surface area contributed by atoms with E-state index in [1.165, 1.54) is 7.11 Å². The molecule has 2 rings (SSSR count). The molecule has 2 aromatic rings. The maximum absolute atomic E-state index is 12.3. The first-order valence-electron chi connectivity index (χ1n) is 6.23. The van der Waals surface area contributed by atoms with Crippen molar-refractivity contribution in [2.24, 2.45) is 0 Å². The first-order chi connectivity index (χ1) is 9.63. The molecule has 2 N–H and O–H groups in total. The van der Waals surface area contributed by atoms with E-state index in [1.54, 1.807) is 37.4 Å². The highest BCUT2D eigenvalue weighted by molar-refractivity contribution is 6.00. The maximum atomic E-state index is 12.3. The van der Waals surface area contributed by atoms with Gasteiger partial charge in [-0.05, 0) is 29.8 Å². The van der Waals surface area contributed by atoms with Crippen molar-refractivity contribution in [2.45, 2.75) is 6.42 Å². The molecule has 0 spiro atoms. The van der Waals surface area contributed by atoms with Crippen molar-refractivity contribution in [1.29, 1.82) is 0 Å². The molecule has 104 valence electrons. The van der Waals surface area contributed by atoms with E-state index in [0.29, 0.717) is 29.2 Å². The Kier molecular flexibility index (Phi) is 4.25. The van der Waals surface area contributed by atoms with Crippen LogP contribution in [0.2, 0.25) is 0 Å². The third-order valence-electron chi connectivity index (χ3n) is 3.05. The van der Waals surface area contributed by atoms with Crippen molar-refractivity contribution in [3.8, 4) is 11.5 Å². The van der Waals surface area contributed by atoms with Crippen molar-refractivity contribution < 1.29 is 14.3 Å². The van der Waals surface area contributed by atoms with Gasteiger partial charge >= 0.3 is 0 Å². The van der Waals surface area contributed by atoms with Crippen LogP contribution < -0.4 is 15.2 Å². The lowest BCUT2D eigenvalue weighted by molar-refractivity contribution is 0.0990. The summed E-state index contributed by atoms with van der Waals surface area (Å²) < 4.78 is 10.4. The summed E-state index contributed by atoms with van der Waals surface area (Å²) in [7, 11) is 3.11. The number of Topliss-reactive ketones (excluding diaryl/α,β-unsaturated/α-hetero) is 1. The Balaban J connectivity index is 2.22. The first kappa shape index (κ1) is 13.9. The van der Waals surface area contributed by atoms with Gasteiger partial charge in [0.15, 0.2) is 5.78 Å². The number of benzene rings is 2. The second kappa shape index (κ2) is 6.10. The summed E-state index contributed by atoms with van der Waals surface area (Å²) in [6, 6.07) is 12.4. The second-order valence-corrected chi connectivity index (χ2v) is 4.41. The molecule has 0 saturated carbocycles. The molecule has 0 aliphatic carbocycles. The average molecular weight is 271 g/mol. The number of carbonyl (C=O) groups is 1. The normalized spacial score (nSPS) is 10.1. The zero-order chi connectivity index (χ0) is 14.5. The third kappa shape index (κ3) is 3.09. The molecule has 0 fully saturated rings. The van der Waals surface area contributed by atoms with Crippen LogP contribution in [0.5, 0.6) is 11.5 Å². The van der Waals surface area contributed by atoms with Gasteiger partial charge in [0.1, 0.15) is 11.5 Å². The molecule has 0 amide bonds. The molecule has 0 aliphatic heterocycles. The highest BCUT2D eigenvalue weighted by Gasteiger charge is 2.13. The molecule has 0 unspecified atom stereocenters. The number of hydrogen-bond acceptors (Lipinski definition) is 4. The van der Waals surface area contributed by atoms with E-state index in [2.05, 4.69) is 0 Å². The van der Waals surface area contributed by atoms with Gasteiger partial charge in [-0.2, -0.15) is 0 Å². The summed E-state index contributed by atoms with van der Waals surface area (Å²) in [6.45, 7) is 0. The molecule has 0 atom stereocenters. The minimum atomic E-state index is -0.00530. The van der Waals surface area contributed by atoms with Gasteiger partial charge in [0, 0.05) is 18.2 Å². The van der Waals surface area contributed by atoms with Crippen LogP contribution in [0, 0.1) is 0 Å². The Labute approximate surface area is 118 Å². The fraction of sp³-hybridized carbons (Fsp3) is 0.188. The van der Waals surface area contributed by atoms with E-state index in [0.717, 1.165) is 5.56 Å². The van der Waals surface area contributed by atoms with Crippen molar-refractivity contribution in [2.75, 3.05) is 20.0 Å². The van der Waals surface area contributed by atoms with Crippen molar-refractivity contribution in [3.63, 3.8) is 0 Å². The number of hydrogen-bond donors (Lipinski definition) is 1. The molecule has 0 bridgehead atoms. The molecule has 0 aliphatic rings.